The first-order valence-electron chi connectivity index (χ1n) is 7.23. The Kier molecular flexibility index (Phi) is 5.40. The molecule has 5 heteroatoms. The number of rotatable bonds is 4. The fourth-order valence-electron chi connectivity index (χ4n) is 2.56. The Labute approximate surface area is 126 Å². The van der Waals surface area contributed by atoms with Crippen LogP contribution >= 0.6 is 0 Å². The predicted octanol–water partition coefficient (Wildman–Crippen LogP) is 1.98. The molecule has 21 heavy (non-hydrogen) atoms. The van der Waals surface area contributed by atoms with E-state index in [1.165, 1.54) is 4.31 Å². The number of aliphatic hydroxyl groups excluding tert-OH is 1. The summed E-state index contributed by atoms with van der Waals surface area (Å²) in [4.78, 5) is 0.310. The molecule has 0 heterocycles. The van der Waals surface area contributed by atoms with Crippen molar-refractivity contribution in [3.63, 3.8) is 0 Å². The van der Waals surface area contributed by atoms with Crippen molar-refractivity contribution in [1.29, 1.82) is 0 Å². The van der Waals surface area contributed by atoms with Crippen molar-refractivity contribution < 1.29 is 13.5 Å². The highest BCUT2D eigenvalue weighted by Crippen LogP contribution is 2.27. The molecule has 0 saturated heterocycles. The van der Waals surface area contributed by atoms with Crippen molar-refractivity contribution in [1.82, 2.24) is 4.31 Å². The smallest absolute Gasteiger partial charge is 0.243 e. The van der Waals surface area contributed by atoms with Crippen LogP contribution in [0.25, 0.3) is 0 Å². The highest BCUT2D eigenvalue weighted by Gasteiger charge is 2.29. The Bertz CT molecular complexity index is 620. The van der Waals surface area contributed by atoms with Gasteiger partial charge in [-0.3, -0.25) is 0 Å². The third kappa shape index (κ3) is 3.85. The van der Waals surface area contributed by atoms with E-state index in [4.69, 9.17) is 5.11 Å². The minimum absolute atomic E-state index is 0.0334. The van der Waals surface area contributed by atoms with E-state index in [1.807, 2.05) is 0 Å². The number of benzene rings is 1. The molecule has 0 amide bonds. The molecule has 0 atom stereocenters. The second-order valence-corrected chi connectivity index (χ2v) is 7.26. The van der Waals surface area contributed by atoms with Gasteiger partial charge in [-0.25, -0.2) is 8.42 Å². The molecular weight excluding hydrogens is 286 g/mol. The summed E-state index contributed by atoms with van der Waals surface area (Å²) in [5.41, 5.74) is 0.755. The zero-order valence-corrected chi connectivity index (χ0v) is 13.1. The van der Waals surface area contributed by atoms with Crippen molar-refractivity contribution in [2.24, 2.45) is 0 Å². The van der Waals surface area contributed by atoms with E-state index in [0.29, 0.717) is 11.3 Å². The van der Waals surface area contributed by atoms with Gasteiger partial charge < -0.3 is 5.11 Å². The quantitative estimate of drug-likeness (QED) is 0.865. The summed E-state index contributed by atoms with van der Waals surface area (Å²) in [6.07, 6.45) is 4.51. The van der Waals surface area contributed by atoms with Crippen LogP contribution in [0.4, 0.5) is 0 Å². The van der Waals surface area contributed by atoms with Crippen molar-refractivity contribution in [2.45, 2.75) is 43.0 Å². The van der Waals surface area contributed by atoms with Gasteiger partial charge in [0.05, 0.1) is 11.5 Å². The second-order valence-electron chi connectivity index (χ2n) is 5.26. The molecule has 2 rings (SSSR count). The van der Waals surface area contributed by atoms with E-state index in [2.05, 4.69) is 11.8 Å². The van der Waals surface area contributed by atoms with Gasteiger partial charge in [0.1, 0.15) is 0 Å². The van der Waals surface area contributed by atoms with Crippen LogP contribution in [0.1, 0.15) is 37.7 Å². The number of hydrogen-bond acceptors (Lipinski definition) is 3. The maximum absolute atomic E-state index is 12.5. The lowest BCUT2D eigenvalue weighted by Crippen LogP contribution is -2.35. The number of hydrogen-bond donors (Lipinski definition) is 1. The Morgan fingerprint density at radius 1 is 1.24 bits per heavy atom. The van der Waals surface area contributed by atoms with Crippen LogP contribution in [0, 0.1) is 11.8 Å². The molecule has 0 bridgehead atoms. The zero-order chi connectivity index (χ0) is 15.3. The topological polar surface area (TPSA) is 57.6 Å². The van der Waals surface area contributed by atoms with Crippen LogP contribution in [-0.2, 0) is 10.0 Å². The summed E-state index contributed by atoms with van der Waals surface area (Å²) in [5.74, 6) is 5.71. The minimum Gasteiger partial charge on any atom is -0.395 e. The molecule has 0 unspecified atom stereocenters. The van der Waals surface area contributed by atoms with E-state index in [0.717, 1.165) is 31.2 Å². The summed E-state index contributed by atoms with van der Waals surface area (Å²) >= 11 is 0. The number of aliphatic hydroxyl groups is 1. The van der Waals surface area contributed by atoms with E-state index in [-0.39, 0.29) is 12.6 Å². The molecular formula is C16H21NO3S. The average molecular weight is 307 g/mol. The summed E-state index contributed by atoms with van der Waals surface area (Å²) in [6, 6.07) is 6.74. The number of nitrogens with zero attached hydrogens (tertiary/aromatic N) is 1. The maximum Gasteiger partial charge on any atom is 0.243 e. The lowest BCUT2D eigenvalue weighted by atomic mass is 10.2. The van der Waals surface area contributed by atoms with Crippen molar-refractivity contribution >= 4 is 10.0 Å². The highest BCUT2D eigenvalue weighted by atomic mass is 32.2. The van der Waals surface area contributed by atoms with Crippen LogP contribution < -0.4 is 0 Å². The summed E-state index contributed by atoms with van der Waals surface area (Å²) in [7, 11) is -1.75. The van der Waals surface area contributed by atoms with Gasteiger partial charge in [0.2, 0.25) is 10.0 Å². The van der Waals surface area contributed by atoms with Crippen molar-refractivity contribution in [3.05, 3.63) is 29.8 Å². The molecule has 1 aromatic carbocycles. The molecule has 114 valence electrons. The summed E-state index contributed by atoms with van der Waals surface area (Å²) < 4.78 is 26.6. The van der Waals surface area contributed by atoms with Crippen molar-refractivity contribution in [2.75, 3.05) is 13.7 Å². The first-order chi connectivity index (χ1) is 10.1. The Morgan fingerprint density at radius 2 is 1.86 bits per heavy atom. The first-order valence-corrected chi connectivity index (χ1v) is 8.67. The molecule has 1 aliphatic carbocycles. The lowest BCUT2D eigenvalue weighted by molar-refractivity contribution is 0.305. The monoisotopic (exact) mass is 307 g/mol. The zero-order valence-electron chi connectivity index (χ0n) is 12.2. The van der Waals surface area contributed by atoms with Crippen LogP contribution in [-0.4, -0.2) is 37.5 Å². The van der Waals surface area contributed by atoms with Crippen LogP contribution in [0.2, 0.25) is 0 Å². The molecule has 1 fully saturated rings. The van der Waals surface area contributed by atoms with Gasteiger partial charge in [0.15, 0.2) is 0 Å². The summed E-state index contributed by atoms with van der Waals surface area (Å²) in [6.45, 7) is 0.0334. The molecule has 0 aliphatic heterocycles. The molecule has 0 radical (unpaired) electrons. The third-order valence-corrected chi connectivity index (χ3v) is 5.76. The minimum atomic E-state index is -3.42. The molecule has 1 aromatic rings. The van der Waals surface area contributed by atoms with Gasteiger partial charge in [-0.15, -0.1) is 0 Å². The lowest BCUT2D eigenvalue weighted by Gasteiger charge is -2.23. The largest absolute Gasteiger partial charge is 0.395 e. The van der Waals surface area contributed by atoms with E-state index in [9.17, 15) is 8.42 Å². The molecule has 0 aromatic heterocycles. The first kappa shape index (κ1) is 16.0. The molecule has 0 spiro atoms. The summed E-state index contributed by atoms with van der Waals surface area (Å²) in [5, 5.41) is 8.67. The number of sulfonamides is 1. The average Bonchev–Trinajstić information content (AvgIpc) is 3.01. The Hall–Kier alpha value is -1.35. The molecule has 1 saturated carbocycles. The normalized spacial score (nSPS) is 16.0. The highest BCUT2D eigenvalue weighted by molar-refractivity contribution is 7.89. The van der Waals surface area contributed by atoms with E-state index >= 15 is 0 Å². The van der Waals surface area contributed by atoms with Crippen LogP contribution in [0.15, 0.2) is 29.2 Å². The van der Waals surface area contributed by atoms with Crippen LogP contribution in [0.3, 0.4) is 0 Å². The van der Waals surface area contributed by atoms with Gasteiger partial charge in [0, 0.05) is 25.1 Å². The maximum atomic E-state index is 12.5. The molecule has 1 N–H and O–H groups in total. The van der Waals surface area contributed by atoms with Gasteiger partial charge >= 0.3 is 0 Å². The molecule has 1 aliphatic rings. The SMILES string of the molecule is CN(C1CCCC1)S(=O)(=O)c1ccc(C#CCCO)cc1. The van der Waals surface area contributed by atoms with Gasteiger partial charge in [-0.1, -0.05) is 24.7 Å². The second kappa shape index (κ2) is 7.08. The van der Waals surface area contributed by atoms with E-state index < -0.39 is 10.0 Å². The van der Waals surface area contributed by atoms with Gasteiger partial charge in [-0.05, 0) is 37.1 Å². The standard InChI is InChI=1S/C16H21NO3S/c1-17(15-7-2-3-8-15)21(19,20)16-11-9-14(10-12-16)6-4-5-13-18/h9-12,15,18H,2-3,5,7-8,13H2,1H3. The fraction of sp³-hybridized carbons (Fsp3) is 0.500. The van der Waals surface area contributed by atoms with Crippen molar-refractivity contribution in [3.8, 4) is 11.8 Å². The van der Waals surface area contributed by atoms with E-state index in [1.54, 1.807) is 31.3 Å². The van der Waals surface area contributed by atoms with Gasteiger partial charge in [-0.2, -0.15) is 4.31 Å². The Morgan fingerprint density at radius 3 is 2.43 bits per heavy atom. The fourth-order valence-corrected chi connectivity index (χ4v) is 3.98. The Balaban J connectivity index is 2.15. The third-order valence-electron chi connectivity index (χ3n) is 3.84. The van der Waals surface area contributed by atoms with Gasteiger partial charge in [0.25, 0.3) is 0 Å². The predicted molar refractivity (Wildman–Crippen MR) is 82.2 cm³/mol. The molecule has 4 nitrogen and oxygen atoms in total. The van der Waals surface area contributed by atoms with Crippen LogP contribution in [0.5, 0.6) is 0 Å².